The van der Waals surface area contributed by atoms with Gasteiger partial charge in [0, 0.05) is 0 Å². The van der Waals surface area contributed by atoms with E-state index in [1.54, 1.807) is 0 Å². The predicted molar refractivity (Wildman–Crippen MR) is 76.4 cm³/mol. The lowest BCUT2D eigenvalue weighted by atomic mass is 10.3. The molecular formula is C15H22N2O2. The van der Waals surface area contributed by atoms with Gasteiger partial charge in [-0.15, -0.1) is 0 Å². The van der Waals surface area contributed by atoms with E-state index in [2.05, 4.69) is 10.6 Å². The molecule has 19 heavy (non-hydrogen) atoms. The van der Waals surface area contributed by atoms with E-state index < -0.39 is 0 Å². The highest BCUT2D eigenvalue weighted by atomic mass is 16.5. The average Bonchev–Trinajstić information content (AvgIpc) is 3.15. The lowest BCUT2D eigenvalue weighted by Gasteiger charge is -2.14. The zero-order chi connectivity index (χ0) is 13.7. The maximum absolute atomic E-state index is 11.8. The Morgan fingerprint density at radius 3 is 2.79 bits per heavy atom. The van der Waals surface area contributed by atoms with Crippen LogP contribution in [0.5, 0.6) is 5.75 Å². The predicted octanol–water partition coefficient (Wildman–Crippen LogP) is 2.41. The molecule has 0 spiro atoms. The van der Waals surface area contributed by atoms with Crippen molar-refractivity contribution in [2.75, 3.05) is 18.4 Å². The summed E-state index contributed by atoms with van der Waals surface area (Å²) >= 11 is 0. The van der Waals surface area contributed by atoms with Crippen molar-refractivity contribution in [1.29, 1.82) is 0 Å². The second-order valence-corrected chi connectivity index (χ2v) is 5.29. The average molecular weight is 262 g/mol. The molecule has 2 rings (SSSR count). The van der Waals surface area contributed by atoms with E-state index in [1.807, 2.05) is 38.1 Å². The third kappa shape index (κ3) is 4.91. The molecule has 104 valence electrons. The van der Waals surface area contributed by atoms with Crippen LogP contribution in [-0.2, 0) is 4.79 Å². The number of hydrogen-bond acceptors (Lipinski definition) is 3. The Bertz CT molecular complexity index is 428. The van der Waals surface area contributed by atoms with E-state index in [9.17, 15) is 4.79 Å². The first-order valence-electron chi connectivity index (χ1n) is 6.91. The standard InChI is InChI=1S/C15H22N2O2/c1-11(2)19-14-6-4-3-5-13(14)17-15(18)10-16-9-12-7-8-12/h3-6,11-12,16H,7-10H2,1-2H3,(H,17,18). The summed E-state index contributed by atoms with van der Waals surface area (Å²) in [6, 6.07) is 7.52. The minimum Gasteiger partial charge on any atom is -0.489 e. The molecule has 2 N–H and O–H groups in total. The van der Waals surface area contributed by atoms with E-state index in [4.69, 9.17) is 4.74 Å². The third-order valence-electron chi connectivity index (χ3n) is 2.94. The lowest BCUT2D eigenvalue weighted by Crippen LogP contribution is -2.29. The largest absolute Gasteiger partial charge is 0.489 e. The van der Waals surface area contributed by atoms with Crippen LogP contribution in [-0.4, -0.2) is 25.1 Å². The summed E-state index contributed by atoms with van der Waals surface area (Å²) in [6.07, 6.45) is 2.67. The number of carbonyl (C=O) groups excluding carboxylic acids is 1. The number of anilines is 1. The SMILES string of the molecule is CC(C)Oc1ccccc1NC(=O)CNCC1CC1. The van der Waals surface area contributed by atoms with Crippen molar-refractivity contribution < 1.29 is 9.53 Å². The molecule has 1 aromatic carbocycles. The van der Waals surface area contributed by atoms with Gasteiger partial charge in [0.05, 0.1) is 18.3 Å². The van der Waals surface area contributed by atoms with Crippen molar-refractivity contribution in [2.24, 2.45) is 5.92 Å². The number of amides is 1. The molecule has 0 radical (unpaired) electrons. The Morgan fingerprint density at radius 2 is 2.11 bits per heavy atom. The van der Waals surface area contributed by atoms with E-state index in [1.165, 1.54) is 12.8 Å². The van der Waals surface area contributed by atoms with Crippen molar-refractivity contribution in [3.05, 3.63) is 24.3 Å². The number of carbonyl (C=O) groups is 1. The fourth-order valence-electron chi connectivity index (χ4n) is 1.83. The van der Waals surface area contributed by atoms with Crippen molar-refractivity contribution in [1.82, 2.24) is 5.32 Å². The molecule has 4 heteroatoms. The van der Waals surface area contributed by atoms with Gasteiger partial charge in [0.15, 0.2) is 0 Å². The number of para-hydroxylation sites is 2. The molecule has 0 aliphatic heterocycles. The normalized spacial score (nSPS) is 14.5. The van der Waals surface area contributed by atoms with Gasteiger partial charge in [-0.2, -0.15) is 0 Å². The summed E-state index contributed by atoms with van der Waals surface area (Å²) in [7, 11) is 0. The van der Waals surface area contributed by atoms with Crippen LogP contribution in [0.1, 0.15) is 26.7 Å². The number of benzene rings is 1. The van der Waals surface area contributed by atoms with Gasteiger partial charge in [0.2, 0.25) is 5.91 Å². The molecular weight excluding hydrogens is 240 g/mol. The molecule has 1 aliphatic rings. The van der Waals surface area contributed by atoms with Crippen LogP contribution in [0.4, 0.5) is 5.69 Å². The Kier molecular flexibility index (Phi) is 4.80. The van der Waals surface area contributed by atoms with Crippen molar-refractivity contribution in [2.45, 2.75) is 32.8 Å². The number of ether oxygens (including phenoxy) is 1. The highest BCUT2D eigenvalue weighted by Gasteiger charge is 2.20. The van der Waals surface area contributed by atoms with Crippen LogP contribution in [0.3, 0.4) is 0 Å². The first-order chi connectivity index (χ1) is 9.15. The molecule has 1 aliphatic carbocycles. The molecule has 0 aromatic heterocycles. The third-order valence-corrected chi connectivity index (χ3v) is 2.94. The second kappa shape index (κ2) is 6.57. The van der Waals surface area contributed by atoms with Crippen LogP contribution in [0.15, 0.2) is 24.3 Å². The Hall–Kier alpha value is -1.55. The van der Waals surface area contributed by atoms with Crippen LogP contribution >= 0.6 is 0 Å². The van der Waals surface area contributed by atoms with Crippen molar-refractivity contribution in [3.8, 4) is 5.75 Å². The van der Waals surface area contributed by atoms with Crippen molar-refractivity contribution >= 4 is 11.6 Å². The van der Waals surface area contributed by atoms with E-state index in [0.717, 1.165) is 18.2 Å². The first kappa shape index (κ1) is 13.9. The van der Waals surface area contributed by atoms with Gasteiger partial charge in [0.1, 0.15) is 5.75 Å². The first-order valence-corrected chi connectivity index (χ1v) is 6.91. The van der Waals surface area contributed by atoms with Gasteiger partial charge in [-0.05, 0) is 51.3 Å². The molecule has 0 bridgehead atoms. The van der Waals surface area contributed by atoms with Gasteiger partial charge >= 0.3 is 0 Å². The summed E-state index contributed by atoms with van der Waals surface area (Å²) in [5.41, 5.74) is 0.731. The minimum atomic E-state index is -0.0274. The molecule has 0 unspecified atom stereocenters. The molecule has 0 heterocycles. The Balaban J connectivity index is 1.84. The number of hydrogen-bond donors (Lipinski definition) is 2. The quantitative estimate of drug-likeness (QED) is 0.793. The van der Waals surface area contributed by atoms with Crippen LogP contribution in [0.25, 0.3) is 0 Å². The highest BCUT2D eigenvalue weighted by Crippen LogP contribution is 2.27. The van der Waals surface area contributed by atoms with Gasteiger partial charge in [-0.3, -0.25) is 4.79 Å². The second-order valence-electron chi connectivity index (χ2n) is 5.29. The van der Waals surface area contributed by atoms with E-state index >= 15 is 0 Å². The van der Waals surface area contributed by atoms with Gasteiger partial charge in [0.25, 0.3) is 0 Å². The number of nitrogens with one attached hydrogen (secondary N) is 2. The molecule has 4 nitrogen and oxygen atoms in total. The minimum absolute atomic E-state index is 0.0274. The zero-order valence-corrected chi connectivity index (χ0v) is 11.6. The summed E-state index contributed by atoms with van der Waals surface area (Å²) in [5, 5.41) is 6.06. The molecule has 1 fully saturated rings. The van der Waals surface area contributed by atoms with Crippen LogP contribution < -0.4 is 15.4 Å². The van der Waals surface area contributed by atoms with Gasteiger partial charge in [-0.25, -0.2) is 0 Å². The van der Waals surface area contributed by atoms with Crippen molar-refractivity contribution in [3.63, 3.8) is 0 Å². The van der Waals surface area contributed by atoms with Crippen LogP contribution in [0.2, 0.25) is 0 Å². The van der Waals surface area contributed by atoms with Gasteiger partial charge < -0.3 is 15.4 Å². The Labute approximate surface area is 114 Å². The van der Waals surface area contributed by atoms with Gasteiger partial charge in [-0.1, -0.05) is 12.1 Å². The smallest absolute Gasteiger partial charge is 0.238 e. The Morgan fingerprint density at radius 1 is 1.37 bits per heavy atom. The van der Waals surface area contributed by atoms with E-state index in [-0.39, 0.29) is 12.0 Å². The molecule has 1 saturated carbocycles. The molecule has 1 aromatic rings. The molecule has 0 saturated heterocycles. The maximum atomic E-state index is 11.8. The fourth-order valence-corrected chi connectivity index (χ4v) is 1.83. The maximum Gasteiger partial charge on any atom is 0.238 e. The summed E-state index contributed by atoms with van der Waals surface area (Å²) in [6.45, 7) is 5.23. The fraction of sp³-hybridized carbons (Fsp3) is 0.533. The van der Waals surface area contributed by atoms with E-state index in [0.29, 0.717) is 12.3 Å². The topological polar surface area (TPSA) is 50.4 Å². The lowest BCUT2D eigenvalue weighted by molar-refractivity contribution is -0.115. The molecule has 0 atom stereocenters. The van der Waals surface area contributed by atoms with Crippen LogP contribution in [0, 0.1) is 5.92 Å². The summed E-state index contributed by atoms with van der Waals surface area (Å²) < 4.78 is 5.66. The monoisotopic (exact) mass is 262 g/mol. The molecule has 1 amide bonds. The summed E-state index contributed by atoms with van der Waals surface area (Å²) in [4.78, 5) is 11.8. The summed E-state index contributed by atoms with van der Waals surface area (Å²) in [5.74, 6) is 1.47. The zero-order valence-electron chi connectivity index (χ0n) is 11.6. The number of rotatable bonds is 7. The highest BCUT2D eigenvalue weighted by molar-refractivity contribution is 5.93.